The van der Waals surface area contributed by atoms with Crippen molar-refractivity contribution in [3.8, 4) is 5.75 Å². The van der Waals surface area contributed by atoms with Crippen LogP contribution in [0.1, 0.15) is 29.6 Å². The maximum atomic E-state index is 12.7. The van der Waals surface area contributed by atoms with Crippen molar-refractivity contribution in [2.45, 2.75) is 25.3 Å². The van der Waals surface area contributed by atoms with Crippen molar-refractivity contribution in [1.82, 2.24) is 5.32 Å². The zero-order valence-corrected chi connectivity index (χ0v) is 14.6. The Labute approximate surface area is 152 Å². The molecule has 3 rings (SSSR count). The minimum Gasteiger partial charge on any atom is -0.497 e. The van der Waals surface area contributed by atoms with E-state index in [1.54, 1.807) is 13.2 Å². The fourth-order valence-electron chi connectivity index (χ4n) is 3.22. The minimum absolute atomic E-state index is 0.0994. The number of methoxy groups -OCH3 is 1. The van der Waals surface area contributed by atoms with Gasteiger partial charge in [0.2, 0.25) is 0 Å². The SMILES string of the molecule is COc1ccc(Nc2ccccc2C(=O)N[C@H]2CC[C@@H](C(=O)O)C2)cc1. The number of carbonyl (C=O) groups is 2. The van der Waals surface area contributed by atoms with E-state index in [2.05, 4.69) is 10.6 Å². The van der Waals surface area contributed by atoms with E-state index in [0.717, 1.165) is 11.4 Å². The van der Waals surface area contributed by atoms with Crippen molar-refractivity contribution < 1.29 is 19.4 Å². The lowest BCUT2D eigenvalue weighted by Gasteiger charge is -2.16. The predicted octanol–water partition coefficient (Wildman–Crippen LogP) is 3.42. The second-order valence-electron chi connectivity index (χ2n) is 6.42. The fourth-order valence-corrected chi connectivity index (χ4v) is 3.22. The van der Waals surface area contributed by atoms with Crippen LogP contribution in [-0.2, 0) is 4.79 Å². The molecule has 0 aliphatic heterocycles. The molecule has 2 aromatic rings. The van der Waals surface area contributed by atoms with Gasteiger partial charge in [-0.25, -0.2) is 0 Å². The molecular formula is C20H22N2O4. The molecule has 0 spiro atoms. The molecule has 6 nitrogen and oxygen atoms in total. The fraction of sp³-hybridized carbons (Fsp3) is 0.300. The van der Waals surface area contributed by atoms with Crippen LogP contribution in [0.2, 0.25) is 0 Å². The molecule has 0 radical (unpaired) electrons. The molecular weight excluding hydrogens is 332 g/mol. The summed E-state index contributed by atoms with van der Waals surface area (Å²) in [5.74, 6) is -0.593. The Hall–Kier alpha value is -3.02. The molecule has 1 amide bonds. The largest absolute Gasteiger partial charge is 0.497 e. The summed E-state index contributed by atoms with van der Waals surface area (Å²) in [5.41, 5.74) is 2.07. The maximum Gasteiger partial charge on any atom is 0.306 e. The average Bonchev–Trinajstić information content (AvgIpc) is 3.11. The molecule has 2 aromatic carbocycles. The number of hydrogen-bond donors (Lipinski definition) is 3. The highest BCUT2D eigenvalue weighted by Gasteiger charge is 2.30. The first kappa shape index (κ1) is 17.8. The first-order chi connectivity index (χ1) is 12.6. The number of ether oxygens (including phenoxy) is 1. The normalized spacial score (nSPS) is 19.0. The van der Waals surface area contributed by atoms with Gasteiger partial charge in [0.25, 0.3) is 5.91 Å². The van der Waals surface area contributed by atoms with Crippen molar-refractivity contribution in [2.75, 3.05) is 12.4 Å². The minimum atomic E-state index is -0.789. The number of nitrogens with one attached hydrogen (secondary N) is 2. The van der Waals surface area contributed by atoms with Crippen LogP contribution >= 0.6 is 0 Å². The van der Waals surface area contributed by atoms with Gasteiger partial charge in [-0.05, 0) is 55.7 Å². The van der Waals surface area contributed by atoms with Gasteiger partial charge in [0.05, 0.1) is 24.3 Å². The number of carboxylic acid groups (broad SMARTS) is 1. The second-order valence-corrected chi connectivity index (χ2v) is 6.42. The van der Waals surface area contributed by atoms with E-state index in [1.165, 1.54) is 0 Å². The molecule has 136 valence electrons. The van der Waals surface area contributed by atoms with Crippen LogP contribution in [0, 0.1) is 5.92 Å². The summed E-state index contributed by atoms with van der Waals surface area (Å²) in [5, 5.41) is 15.3. The number of anilines is 2. The Morgan fingerprint density at radius 3 is 2.46 bits per heavy atom. The maximum absolute atomic E-state index is 12.7. The van der Waals surface area contributed by atoms with E-state index in [4.69, 9.17) is 9.84 Å². The van der Waals surface area contributed by atoms with Crippen LogP contribution in [0.25, 0.3) is 0 Å². The molecule has 0 saturated heterocycles. The van der Waals surface area contributed by atoms with Gasteiger partial charge in [-0.1, -0.05) is 12.1 Å². The highest BCUT2D eigenvalue weighted by Crippen LogP contribution is 2.27. The van der Waals surface area contributed by atoms with Gasteiger partial charge in [-0.15, -0.1) is 0 Å². The molecule has 1 fully saturated rings. The highest BCUT2D eigenvalue weighted by atomic mass is 16.5. The van der Waals surface area contributed by atoms with E-state index in [1.807, 2.05) is 42.5 Å². The van der Waals surface area contributed by atoms with Gasteiger partial charge in [-0.2, -0.15) is 0 Å². The van der Waals surface area contributed by atoms with E-state index in [9.17, 15) is 9.59 Å². The molecule has 2 atom stereocenters. The third-order valence-corrected chi connectivity index (χ3v) is 4.66. The summed E-state index contributed by atoms with van der Waals surface area (Å²) >= 11 is 0. The Balaban J connectivity index is 1.70. The van der Waals surface area contributed by atoms with Gasteiger partial charge in [-0.3, -0.25) is 9.59 Å². The molecule has 1 saturated carbocycles. The van der Waals surface area contributed by atoms with Crippen molar-refractivity contribution in [3.63, 3.8) is 0 Å². The average molecular weight is 354 g/mol. The number of carboxylic acids is 1. The van der Waals surface area contributed by atoms with Crippen LogP contribution < -0.4 is 15.4 Å². The number of benzene rings is 2. The van der Waals surface area contributed by atoms with Crippen LogP contribution in [-0.4, -0.2) is 30.1 Å². The van der Waals surface area contributed by atoms with Crippen molar-refractivity contribution in [1.29, 1.82) is 0 Å². The van der Waals surface area contributed by atoms with Crippen LogP contribution in [0.15, 0.2) is 48.5 Å². The lowest BCUT2D eigenvalue weighted by Crippen LogP contribution is -2.33. The number of carbonyl (C=O) groups excluding carboxylic acids is 1. The monoisotopic (exact) mass is 354 g/mol. The number of amides is 1. The first-order valence-electron chi connectivity index (χ1n) is 8.60. The summed E-state index contributed by atoms with van der Waals surface area (Å²) in [6, 6.07) is 14.6. The van der Waals surface area contributed by atoms with Crippen molar-refractivity contribution >= 4 is 23.3 Å². The summed E-state index contributed by atoms with van der Waals surface area (Å²) in [4.78, 5) is 23.7. The summed E-state index contributed by atoms with van der Waals surface area (Å²) in [7, 11) is 1.61. The lowest BCUT2D eigenvalue weighted by molar-refractivity contribution is -0.141. The van der Waals surface area contributed by atoms with Crippen LogP contribution in [0.5, 0.6) is 5.75 Å². The highest BCUT2D eigenvalue weighted by molar-refractivity contribution is 6.00. The van der Waals surface area contributed by atoms with Gasteiger partial charge >= 0.3 is 5.97 Å². The standard InChI is InChI=1S/C20H22N2O4/c1-26-16-10-8-14(9-11-16)21-18-5-3-2-4-17(18)19(23)22-15-7-6-13(12-15)20(24)25/h2-5,8-11,13,15,21H,6-7,12H2,1H3,(H,22,23)(H,24,25)/t13-,15+/m1/s1. The smallest absolute Gasteiger partial charge is 0.306 e. The molecule has 26 heavy (non-hydrogen) atoms. The van der Waals surface area contributed by atoms with Gasteiger partial charge in [0, 0.05) is 11.7 Å². The first-order valence-corrected chi connectivity index (χ1v) is 8.60. The van der Waals surface area contributed by atoms with E-state index < -0.39 is 5.97 Å². The molecule has 6 heteroatoms. The molecule has 0 heterocycles. The lowest BCUT2D eigenvalue weighted by atomic mass is 10.1. The molecule has 0 aromatic heterocycles. The third-order valence-electron chi connectivity index (χ3n) is 4.66. The summed E-state index contributed by atoms with van der Waals surface area (Å²) in [6.07, 6.45) is 1.78. The molecule has 3 N–H and O–H groups in total. The van der Waals surface area contributed by atoms with Crippen molar-refractivity contribution in [3.05, 3.63) is 54.1 Å². The van der Waals surface area contributed by atoms with Gasteiger partial charge in [0.1, 0.15) is 5.75 Å². The molecule has 1 aliphatic carbocycles. The zero-order valence-electron chi connectivity index (χ0n) is 14.6. The van der Waals surface area contributed by atoms with E-state index in [-0.39, 0.29) is 17.9 Å². The van der Waals surface area contributed by atoms with Gasteiger partial charge < -0.3 is 20.5 Å². The quantitative estimate of drug-likeness (QED) is 0.740. The number of para-hydroxylation sites is 1. The van der Waals surface area contributed by atoms with E-state index >= 15 is 0 Å². The molecule has 0 bridgehead atoms. The Morgan fingerprint density at radius 1 is 1.08 bits per heavy atom. The van der Waals surface area contributed by atoms with Crippen LogP contribution in [0.4, 0.5) is 11.4 Å². The number of aliphatic carboxylic acids is 1. The topological polar surface area (TPSA) is 87.7 Å². The zero-order chi connectivity index (χ0) is 18.5. The predicted molar refractivity (Wildman–Crippen MR) is 98.9 cm³/mol. The summed E-state index contributed by atoms with van der Waals surface area (Å²) in [6.45, 7) is 0. The Bertz CT molecular complexity index is 789. The number of hydrogen-bond acceptors (Lipinski definition) is 4. The molecule has 1 aliphatic rings. The number of rotatable bonds is 6. The van der Waals surface area contributed by atoms with E-state index in [0.29, 0.717) is 30.5 Å². The van der Waals surface area contributed by atoms with Gasteiger partial charge in [0.15, 0.2) is 0 Å². The molecule has 0 unspecified atom stereocenters. The second kappa shape index (κ2) is 7.91. The Morgan fingerprint density at radius 2 is 1.81 bits per heavy atom. The van der Waals surface area contributed by atoms with Crippen molar-refractivity contribution in [2.24, 2.45) is 5.92 Å². The Kier molecular flexibility index (Phi) is 5.41. The summed E-state index contributed by atoms with van der Waals surface area (Å²) < 4.78 is 5.15. The third kappa shape index (κ3) is 4.14. The van der Waals surface area contributed by atoms with Crippen LogP contribution in [0.3, 0.4) is 0 Å².